The van der Waals surface area contributed by atoms with Gasteiger partial charge < -0.3 is 20.3 Å². The standard InChI is InChI=1S/C15H30N4O.HI/c1-3-16-15(17-8-10-20-4-2)18-11-13-7-9-19(12-13)14-5-6-14;/h13-14H,3-12H2,1-2H3,(H2,16,17,18);1H. The number of hydrogen-bond acceptors (Lipinski definition) is 3. The van der Waals surface area contributed by atoms with Crippen LogP contribution in [0.4, 0.5) is 0 Å². The molecular weight excluding hydrogens is 379 g/mol. The Hall–Kier alpha value is -0.0800. The van der Waals surface area contributed by atoms with E-state index in [-0.39, 0.29) is 24.0 Å². The van der Waals surface area contributed by atoms with Crippen LogP contribution in [0.15, 0.2) is 4.99 Å². The predicted octanol–water partition coefficient (Wildman–Crippen LogP) is 1.68. The van der Waals surface area contributed by atoms with Gasteiger partial charge in [0.05, 0.1) is 6.61 Å². The van der Waals surface area contributed by atoms with Gasteiger partial charge in [-0.2, -0.15) is 0 Å². The first kappa shape index (κ1) is 19.0. The Kier molecular flexibility index (Phi) is 9.59. The lowest BCUT2D eigenvalue weighted by Crippen LogP contribution is -2.39. The second-order valence-corrected chi connectivity index (χ2v) is 5.72. The van der Waals surface area contributed by atoms with Gasteiger partial charge in [0.2, 0.25) is 0 Å². The molecule has 0 amide bonds. The molecule has 0 spiro atoms. The Morgan fingerprint density at radius 3 is 2.71 bits per heavy atom. The van der Waals surface area contributed by atoms with E-state index >= 15 is 0 Å². The lowest BCUT2D eigenvalue weighted by molar-refractivity contribution is 0.152. The van der Waals surface area contributed by atoms with Gasteiger partial charge in [0.25, 0.3) is 0 Å². The number of nitrogens with zero attached hydrogens (tertiary/aromatic N) is 2. The summed E-state index contributed by atoms with van der Waals surface area (Å²) in [4.78, 5) is 7.37. The summed E-state index contributed by atoms with van der Waals surface area (Å²) in [7, 11) is 0. The number of nitrogens with one attached hydrogen (secondary N) is 2. The zero-order valence-electron chi connectivity index (χ0n) is 13.4. The van der Waals surface area contributed by atoms with Crippen molar-refractivity contribution in [1.29, 1.82) is 0 Å². The van der Waals surface area contributed by atoms with Crippen molar-refractivity contribution in [3.8, 4) is 0 Å². The average Bonchev–Trinajstić information content (AvgIpc) is 3.20. The fourth-order valence-corrected chi connectivity index (χ4v) is 2.73. The van der Waals surface area contributed by atoms with Gasteiger partial charge in [0.1, 0.15) is 0 Å². The highest BCUT2D eigenvalue weighted by atomic mass is 127. The topological polar surface area (TPSA) is 48.9 Å². The van der Waals surface area contributed by atoms with Crippen molar-refractivity contribution in [2.45, 2.75) is 39.2 Å². The number of ether oxygens (including phenoxy) is 1. The smallest absolute Gasteiger partial charge is 0.191 e. The van der Waals surface area contributed by atoms with Crippen molar-refractivity contribution < 1.29 is 4.74 Å². The van der Waals surface area contributed by atoms with Crippen LogP contribution in [0.3, 0.4) is 0 Å². The highest BCUT2D eigenvalue weighted by Crippen LogP contribution is 2.31. The SMILES string of the molecule is CCNC(=NCC1CCN(C2CC2)C1)NCCOCC.I. The van der Waals surface area contributed by atoms with Crippen LogP contribution in [0.25, 0.3) is 0 Å². The van der Waals surface area contributed by atoms with Crippen molar-refractivity contribution in [3.63, 3.8) is 0 Å². The molecule has 2 N–H and O–H groups in total. The summed E-state index contributed by atoms with van der Waals surface area (Å²) >= 11 is 0. The van der Waals surface area contributed by atoms with Gasteiger partial charge in [0.15, 0.2) is 5.96 Å². The van der Waals surface area contributed by atoms with Crippen molar-refractivity contribution in [3.05, 3.63) is 0 Å². The molecule has 0 aromatic heterocycles. The Bertz CT molecular complexity index is 310. The normalized spacial score (nSPS) is 23.0. The first-order valence-electron chi connectivity index (χ1n) is 8.17. The third-order valence-electron chi connectivity index (χ3n) is 3.98. The minimum absolute atomic E-state index is 0. The molecule has 1 saturated heterocycles. The molecule has 0 bridgehead atoms. The maximum Gasteiger partial charge on any atom is 0.191 e. The molecular formula is C15H31IN4O. The maximum atomic E-state index is 5.34. The molecule has 1 aliphatic carbocycles. The van der Waals surface area contributed by atoms with E-state index in [0.717, 1.165) is 50.8 Å². The maximum absolute atomic E-state index is 5.34. The molecule has 2 fully saturated rings. The minimum Gasteiger partial charge on any atom is -0.380 e. The van der Waals surface area contributed by atoms with Crippen LogP contribution in [-0.4, -0.2) is 62.8 Å². The lowest BCUT2D eigenvalue weighted by Gasteiger charge is -2.15. The molecule has 5 nitrogen and oxygen atoms in total. The predicted molar refractivity (Wildman–Crippen MR) is 98.6 cm³/mol. The molecule has 1 atom stereocenters. The van der Waals surface area contributed by atoms with Crippen LogP contribution in [0.2, 0.25) is 0 Å². The monoisotopic (exact) mass is 410 g/mol. The van der Waals surface area contributed by atoms with Crippen LogP contribution in [-0.2, 0) is 4.74 Å². The average molecular weight is 410 g/mol. The molecule has 1 heterocycles. The quantitative estimate of drug-likeness (QED) is 0.277. The molecule has 21 heavy (non-hydrogen) atoms. The highest BCUT2D eigenvalue weighted by Gasteiger charge is 2.34. The van der Waals surface area contributed by atoms with E-state index in [2.05, 4.69) is 22.5 Å². The largest absolute Gasteiger partial charge is 0.380 e. The summed E-state index contributed by atoms with van der Waals surface area (Å²) in [5.41, 5.74) is 0. The minimum atomic E-state index is 0. The fourth-order valence-electron chi connectivity index (χ4n) is 2.73. The number of likely N-dealkylation sites (tertiary alicyclic amines) is 1. The second-order valence-electron chi connectivity index (χ2n) is 5.72. The van der Waals surface area contributed by atoms with Crippen LogP contribution in [0, 0.1) is 5.92 Å². The Balaban J connectivity index is 0.00000220. The van der Waals surface area contributed by atoms with Crippen LogP contribution >= 0.6 is 24.0 Å². The molecule has 1 aliphatic heterocycles. The van der Waals surface area contributed by atoms with Gasteiger partial charge in [-0.15, -0.1) is 24.0 Å². The van der Waals surface area contributed by atoms with Gasteiger partial charge in [-0.05, 0) is 45.6 Å². The molecule has 2 aliphatic rings. The van der Waals surface area contributed by atoms with Crippen molar-refractivity contribution in [1.82, 2.24) is 15.5 Å². The molecule has 0 aromatic rings. The summed E-state index contributed by atoms with van der Waals surface area (Å²) in [6.07, 6.45) is 4.13. The van der Waals surface area contributed by atoms with Gasteiger partial charge in [-0.1, -0.05) is 0 Å². The summed E-state index contributed by atoms with van der Waals surface area (Å²) in [6, 6.07) is 0.904. The highest BCUT2D eigenvalue weighted by molar-refractivity contribution is 14.0. The molecule has 1 unspecified atom stereocenters. The fraction of sp³-hybridized carbons (Fsp3) is 0.933. The number of rotatable bonds is 8. The molecule has 6 heteroatoms. The van der Waals surface area contributed by atoms with E-state index < -0.39 is 0 Å². The second kappa shape index (κ2) is 10.6. The van der Waals surface area contributed by atoms with E-state index in [4.69, 9.17) is 9.73 Å². The van der Waals surface area contributed by atoms with Crippen LogP contribution < -0.4 is 10.6 Å². The first-order valence-corrected chi connectivity index (χ1v) is 8.17. The van der Waals surface area contributed by atoms with Crippen molar-refractivity contribution >= 4 is 29.9 Å². The van der Waals surface area contributed by atoms with Crippen molar-refractivity contribution in [2.24, 2.45) is 10.9 Å². The van der Waals surface area contributed by atoms with E-state index in [1.807, 2.05) is 6.92 Å². The zero-order valence-corrected chi connectivity index (χ0v) is 15.8. The number of halogens is 1. The lowest BCUT2D eigenvalue weighted by atomic mass is 10.1. The molecule has 0 radical (unpaired) electrons. The van der Waals surface area contributed by atoms with Gasteiger partial charge in [-0.3, -0.25) is 4.99 Å². The molecule has 2 rings (SSSR count). The van der Waals surface area contributed by atoms with E-state index in [0.29, 0.717) is 0 Å². The van der Waals surface area contributed by atoms with Crippen LogP contribution in [0.5, 0.6) is 0 Å². The third-order valence-corrected chi connectivity index (χ3v) is 3.98. The Labute approximate surface area is 146 Å². The number of aliphatic imine (C=N–C) groups is 1. The summed E-state index contributed by atoms with van der Waals surface area (Å²) in [6.45, 7) is 10.8. The molecule has 124 valence electrons. The molecule has 1 saturated carbocycles. The van der Waals surface area contributed by atoms with Crippen LogP contribution in [0.1, 0.15) is 33.1 Å². The van der Waals surface area contributed by atoms with E-state index in [9.17, 15) is 0 Å². The summed E-state index contributed by atoms with van der Waals surface area (Å²) < 4.78 is 5.34. The Morgan fingerprint density at radius 2 is 2.05 bits per heavy atom. The number of guanidine groups is 1. The third kappa shape index (κ3) is 7.15. The van der Waals surface area contributed by atoms with Gasteiger partial charge in [0, 0.05) is 38.8 Å². The summed E-state index contributed by atoms with van der Waals surface area (Å²) in [5.74, 6) is 1.66. The Morgan fingerprint density at radius 1 is 1.24 bits per heavy atom. The summed E-state index contributed by atoms with van der Waals surface area (Å²) in [5, 5.41) is 6.63. The van der Waals surface area contributed by atoms with Gasteiger partial charge >= 0.3 is 0 Å². The van der Waals surface area contributed by atoms with E-state index in [1.54, 1.807) is 0 Å². The first-order chi connectivity index (χ1) is 9.83. The number of hydrogen-bond donors (Lipinski definition) is 2. The van der Waals surface area contributed by atoms with Crippen molar-refractivity contribution in [2.75, 3.05) is 45.9 Å². The zero-order chi connectivity index (χ0) is 14.2. The molecule has 0 aromatic carbocycles. The van der Waals surface area contributed by atoms with E-state index in [1.165, 1.54) is 32.4 Å². The van der Waals surface area contributed by atoms with Gasteiger partial charge in [-0.25, -0.2) is 0 Å².